The third kappa shape index (κ3) is 19.7. The number of pyridine rings is 3. The molecule has 0 spiro atoms. The van der Waals surface area contributed by atoms with Crippen LogP contribution in [-0.4, -0.2) is 15.0 Å². The molecule has 0 aliphatic carbocycles. The highest BCUT2D eigenvalue weighted by atomic mass is 35.5. The summed E-state index contributed by atoms with van der Waals surface area (Å²) in [5.74, 6) is -0.890. The van der Waals surface area contributed by atoms with E-state index in [-0.39, 0.29) is 51.1 Å². The molecule has 8 rings (SSSR count). The number of nitrogen functional groups attached to an aromatic ring is 2. The molecule has 0 amide bonds. The molecule has 8 aromatic rings. The minimum atomic E-state index is -4.56. The van der Waals surface area contributed by atoms with Gasteiger partial charge in [0.1, 0.15) is 11.6 Å². The Morgan fingerprint density at radius 3 is 1.49 bits per heavy atom. The fourth-order valence-corrected chi connectivity index (χ4v) is 9.97. The molecule has 0 fully saturated rings. The van der Waals surface area contributed by atoms with E-state index in [4.69, 9.17) is 46.3 Å². The van der Waals surface area contributed by atoms with Crippen LogP contribution in [0.3, 0.4) is 0 Å². The lowest BCUT2D eigenvalue weighted by molar-refractivity contribution is -0.139. The first kappa shape index (κ1) is 72.1. The molecule has 0 bridgehead atoms. The highest BCUT2D eigenvalue weighted by molar-refractivity contribution is 6.42. The van der Waals surface area contributed by atoms with E-state index in [1.165, 1.54) is 68.8 Å². The van der Waals surface area contributed by atoms with Gasteiger partial charge < -0.3 is 11.5 Å². The molecule has 0 radical (unpaired) electrons. The number of nitrogens with two attached hydrogens (primary N) is 2. The molecule has 3 aromatic heterocycles. The van der Waals surface area contributed by atoms with Gasteiger partial charge in [-0.05, 0) is 125 Å². The monoisotopic (exact) mass is 1230 g/mol. The van der Waals surface area contributed by atoms with E-state index in [1.807, 2.05) is 48.9 Å². The first-order chi connectivity index (χ1) is 38.6. The zero-order chi connectivity index (χ0) is 64.1. The number of nitrogens with zero attached hydrogens (tertiary/aromatic N) is 3. The molecule has 0 aliphatic rings. The molecule has 5 nitrogen and oxygen atoms in total. The molecule has 4 N–H and O–H groups in total. The molecule has 0 unspecified atom stereocenters. The maximum atomic E-state index is 13.6. The Morgan fingerprint density at radius 1 is 0.488 bits per heavy atom. The number of hydrogen-bond acceptors (Lipinski definition) is 5. The third-order valence-electron chi connectivity index (χ3n) is 13.1. The highest BCUT2D eigenvalue weighted by Gasteiger charge is 2.39. The van der Waals surface area contributed by atoms with Gasteiger partial charge in [-0.2, -0.15) is 39.5 Å². The van der Waals surface area contributed by atoms with E-state index in [0.717, 1.165) is 27.4 Å². The number of benzene rings is 5. The van der Waals surface area contributed by atoms with Crippen LogP contribution in [0.4, 0.5) is 55.4 Å². The summed E-state index contributed by atoms with van der Waals surface area (Å²) < 4.78 is 128. The predicted octanol–water partition coefficient (Wildman–Crippen LogP) is 22.8. The summed E-state index contributed by atoms with van der Waals surface area (Å²) in [6.07, 6.45) is -7.52. The summed E-state index contributed by atoms with van der Waals surface area (Å²) in [7, 11) is 0. The van der Waals surface area contributed by atoms with E-state index >= 15 is 0 Å². The Kier molecular flexibility index (Phi) is 26.0. The Morgan fingerprint density at radius 2 is 0.988 bits per heavy atom. The van der Waals surface area contributed by atoms with Gasteiger partial charge in [0, 0.05) is 45.3 Å². The van der Waals surface area contributed by atoms with Gasteiger partial charge in [0.25, 0.3) is 0 Å². The predicted molar refractivity (Wildman–Crippen MR) is 329 cm³/mol. The van der Waals surface area contributed by atoms with Crippen molar-refractivity contribution in [3.63, 3.8) is 0 Å². The van der Waals surface area contributed by atoms with Crippen LogP contribution in [0.2, 0.25) is 15.1 Å². The largest absolute Gasteiger partial charge is 0.418 e. The second-order valence-corrected chi connectivity index (χ2v) is 23.8. The van der Waals surface area contributed by atoms with Crippen molar-refractivity contribution in [1.29, 1.82) is 0 Å². The summed E-state index contributed by atoms with van der Waals surface area (Å²) >= 11 is 18.0. The van der Waals surface area contributed by atoms with E-state index in [2.05, 4.69) is 93.7 Å². The van der Waals surface area contributed by atoms with Crippen molar-refractivity contribution < 1.29 is 43.9 Å². The lowest BCUT2D eigenvalue weighted by atomic mass is 9.85. The summed E-state index contributed by atoms with van der Waals surface area (Å²) in [5.41, 5.74) is 12.4. The second kappa shape index (κ2) is 30.3. The minimum absolute atomic E-state index is 0.0139. The van der Waals surface area contributed by atoms with E-state index in [1.54, 1.807) is 45.9 Å². The van der Waals surface area contributed by atoms with Gasteiger partial charge in [0.15, 0.2) is 0 Å². The molecule has 3 heterocycles. The Balaban J connectivity index is 0.000000265. The summed E-state index contributed by atoms with van der Waals surface area (Å²) in [4.78, 5) is 12.4. The summed E-state index contributed by atoms with van der Waals surface area (Å²) in [5, 5.41) is 6.92. The average Bonchev–Trinajstić information content (AvgIpc) is 2.08. The SMILES string of the molecule is CC(C)(C)c1cncc2cccc(Cl)c12.CC(C)c1cccc(Cl)c1Cl.CC(C)c1nccc2ccccc12.Cc1cc(N)c(F)c(C(C)C)c1C(F)(F)F.Cc1cc(N)nc(C(C)C)c1C(F)(F)F.Cc1cccc(C(C)C)c1C(F)(F)F. The van der Waals surface area contributed by atoms with E-state index < -0.39 is 47.0 Å². The van der Waals surface area contributed by atoms with Crippen molar-refractivity contribution in [2.24, 2.45) is 0 Å². The maximum Gasteiger partial charge on any atom is 0.418 e. The topological polar surface area (TPSA) is 90.7 Å². The van der Waals surface area contributed by atoms with Crippen LogP contribution in [0.15, 0.2) is 116 Å². The van der Waals surface area contributed by atoms with Crippen molar-refractivity contribution >= 4 is 67.9 Å². The van der Waals surface area contributed by atoms with Gasteiger partial charge in [-0.15, -0.1) is 0 Å². The average molecular weight is 1240 g/mol. The van der Waals surface area contributed by atoms with Gasteiger partial charge in [-0.1, -0.05) is 192 Å². The van der Waals surface area contributed by atoms with Crippen molar-refractivity contribution in [2.75, 3.05) is 11.5 Å². The van der Waals surface area contributed by atoms with Crippen LogP contribution < -0.4 is 11.5 Å². The number of aryl methyl sites for hydroxylation is 3. The fourth-order valence-electron chi connectivity index (χ4n) is 9.16. The van der Waals surface area contributed by atoms with Gasteiger partial charge in [0.05, 0.1) is 43.8 Å². The molecule has 456 valence electrons. The zero-order valence-electron chi connectivity index (χ0n) is 50.3. The third-order valence-corrected chi connectivity index (χ3v) is 14.2. The van der Waals surface area contributed by atoms with E-state index in [0.29, 0.717) is 33.0 Å². The van der Waals surface area contributed by atoms with Crippen LogP contribution in [0.1, 0.15) is 187 Å². The van der Waals surface area contributed by atoms with Gasteiger partial charge in [-0.3, -0.25) is 9.97 Å². The van der Waals surface area contributed by atoms with Crippen LogP contribution in [0.25, 0.3) is 21.5 Å². The van der Waals surface area contributed by atoms with Crippen LogP contribution in [0.5, 0.6) is 0 Å². The van der Waals surface area contributed by atoms with Crippen molar-refractivity contribution in [2.45, 2.75) is 164 Å². The fraction of sp³-hybridized carbons (Fsp3) is 0.379. The molecule has 84 heavy (non-hydrogen) atoms. The van der Waals surface area contributed by atoms with Crippen LogP contribution in [0, 0.1) is 26.6 Å². The molecular weight excluding hydrogens is 1160 g/mol. The number of rotatable bonds is 5. The maximum absolute atomic E-state index is 13.6. The van der Waals surface area contributed by atoms with E-state index in [9.17, 15) is 43.9 Å². The number of fused-ring (bicyclic) bond motifs is 2. The molecule has 0 saturated carbocycles. The first-order valence-corrected chi connectivity index (χ1v) is 28.2. The number of anilines is 2. The summed E-state index contributed by atoms with van der Waals surface area (Å²) in [6, 6.07) is 29.1. The Labute approximate surface area is 503 Å². The van der Waals surface area contributed by atoms with Crippen molar-refractivity contribution in [3.8, 4) is 0 Å². The molecule has 18 heteroatoms. The quantitative estimate of drug-likeness (QED) is 0.132. The zero-order valence-corrected chi connectivity index (χ0v) is 52.5. The highest BCUT2D eigenvalue weighted by Crippen LogP contribution is 2.42. The van der Waals surface area contributed by atoms with Gasteiger partial charge in [-0.25, -0.2) is 9.37 Å². The van der Waals surface area contributed by atoms with Crippen molar-refractivity contribution in [3.05, 3.63) is 204 Å². The Bertz CT molecular complexity index is 3440. The molecule has 5 aromatic carbocycles. The van der Waals surface area contributed by atoms with Gasteiger partial charge >= 0.3 is 18.5 Å². The molecule has 0 saturated heterocycles. The smallest absolute Gasteiger partial charge is 0.396 e. The molecule has 0 aliphatic heterocycles. The standard InChI is InChI=1S/C13H14ClN.C12H13N.C11H13F4N.C11H13F3.C10H13F3N2.C9H10Cl2/c1-13(2,3)10-8-15-7-9-5-4-6-11(14)12(9)10;1-9(2)12-11-6-4-3-5-10(11)7-8-13-12;1-5(2)8-9(11(13,14)15)6(3)4-7(16)10(8)12;1-7(2)9-6-4-5-8(3)10(9)11(12,13)14;1-5(2)9-8(10(11,12)13)6(3)4-7(14)15-9;1-6(2)7-4-3-5-8(10)9(7)11/h4-8H,1-3H3;3-9H,1-2H3;4-5H,16H2,1-3H3;4-7H,1-3H3;4-5H,1-3H3,(H2,14,15);3-6H,1-2H3. The van der Waals surface area contributed by atoms with Crippen LogP contribution >= 0.6 is 34.8 Å². The number of aromatic nitrogens is 3. The summed E-state index contributed by atoms with van der Waals surface area (Å²) in [6.45, 7) is 29.1. The Hall–Kier alpha value is -6.16. The van der Waals surface area contributed by atoms with Crippen molar-refractivity contribution in [1.82, 2.24) is 15.0 Å². The molecular formula is C66H76Cl3F10N5. The lowest BCUT2D eigenvalue weighted by Crippen LogP contribution is -2.15. The lowest BCUT2D eigenvalue weighted by Gasteiger charge is -2.21. The second-order valence-electron chi connectivity index (χ2n) is 22.7. The molecule has 0 atom stereocenters. The minimum Gasteiger partial charge on any atom is -0.396 e. The first-order valence-electron chi connectivity index (χ1n) is 27.1. The van der Waals surface area contributed by atoms with Gasteiger partial charge in [0.2, 0.25) is 0 Å². The van der Waals surface area contributed by atoms with Crippen LogP contribution in [-0.2, 0) is 23.9 Å². The number of alkyl halides is 9. The number of halogens is 13. The normalized spacial score (nSPS) is 11.8. The number of hydrogen-bond donors (Lipinski definition) is 2.